The van der Waals surface area contributed by atoms with Gasteiger partial charge in [0.05, 0.1) is 6.04 Å². The molecular formula is C9H15NO2S. The van der Waals surface area contributed by atoms with E-state index in [-0.39, 0.29) is 22.6 Å². The summed E-state index contributed by atoms with van der Waals surface area (Å²) in [6, 6.07) is 0.0440. The van der Waals surface area contributed by atoms with Gasteiger partial charge in [0, 0.05) is 12.7 Å². The van der Waals surface area contributed by atoms with Crippen molar-refractivity contribution in [3.63, 3.8) is 0 Å². The zero-order valence-electron chi connectivity index (χ0n) is 8.46. The summed E-state index contributed by atoms with van der Waals surface area (Å²) in [7, 11) is 0. The molecule has 0 unspecified atom stereocenters. The van der Waals surface area contributed by atoms with Crippen molar-refractivity contribution < 1.29 is 9.59 Å². The third-order valence-electron chi connectivity index (χ3n) is 2.21. The SMILES string of the molecule is CC(=O)N1C(=O)SC[C@@H]1C(C)(C)C. The molecule has 1 rings (SSSR count). The van der Waals surface area contributed by atoms with Gasteiger partial charge in [0.1, 0.15) is 0 Å². The molecule has 1 aliphatic rings. The van der Waals surface area contributed by atoms with Crippen molar-refractivity contribution in [1.82, 2.24) is 4.90 Å². The number of nitrogens with zero attached hydrogens (tertiary/aromatic N) is 1. The molecule has 0 aliphatic carbocycles. The quantitative estimate of drug-likeness (QED) is 0.602. The van der Waals surface area contributed by atoms with Crippen molar-refractivity contribution in [1.29, 1.82) is 0 Å². The highest BCUT2D eigenvalue weighted by Gasteiger charge is 2.41. The predicted octanol–water partition coefficient (Wildman–Crippen LogP) is 2.12. The molecule has 0 bridgehead atoms. The highest BCUT2D eigenvalue weighted by atomic mass is 32.2. The molecule has 13 heavy (non-hydrogen) atoms. The minimum Gasteiger partial charge on any atom is -0.275 e. The van der Waals surface area contributed by atoms with E-state index in [4.69, 9.17) is 0 Å². The Labute approximate surface area is 82.9 Å². The van der Waals surface area contributed by atoms with Crippen LogP contribution in [0.25, 0.3) is 0 Å². The fraction of sp³-hybridized carbons (Fsp3) is 0.778. The Morgan fingerprint density at radius 1 is 1.54 bits per heavy atom. The third kappa shape index (κ3) is 2.05. The number of hydrogen-bond acceptors (Lipinski definition) is 3. The zero-order chi connectivity index (χ0) is 10.2. The topological polar surface area (TPSA) is 37.4 Å². The van der Waals surface area contributed by atoms with E-state index in [1.165, 1.54) is 23.6 Å². The second-order valence-corrected chi connectivity index (χ2v) is 5.32. The van der Waals surface area contributed by atoms with E-state index in [2.05, 4.69) is 0 Å². The highest BCUT2D eigenvalue weighted by molar-refractivity contribution is 8.14. The molecule has 4 heteroatoms. The average molecular weight is 201 g/mol. The van der Waals surface area contributed by atoms with Gasteiger partial charge in [-0.2, -0.15) is 0 Å². The maximum absolute atomic E-state index is 11.3. The van der Waals surface area contributed by atoms with Crippen molar-refractivity contribution in [2.75, 3.05) is 5.75 Å². The normalized spacial score (nSPS) is 23.8. The Kier molecular flexibility index (Phi) is 2.71. The summed E-state index contributed by atoms with van der Waals surface area (Å²) in [5.74, 6) is 0.581. The molecule has 1 saturated heterocycles. The van der Waals surface area contributed by atoms with Crippen LogP contribution in [0.3, 0.4) is 0 Å². The van der Waals surface area contributed by atoms with Crippen molar-refractivity contribution in [2.24, 2.45) is 5.41 Å². The molecule has 0 spiro atoms. The monoisotopic (exact) mass is 201 g/mol. The van der Waals surface area contributed by atoms with E-state index < -0.39 is 0 Å². The first kappa shape index (κ1) is 10.6. The Balaban J connectivity index is 2.88. The van der Waals surface area contributed by atoms with Gasteiger partial charge in [-0.3, -0.25) is 14.5 Å². The molecule has 0 saturated carbocycles. The van der Waals surface area contributed by atoms with Crippen LogP contribution in [0.4, 0.5) is 4.79 Å². The van der Waals surface area contributed by atoms with Gasteiger partial charge in [-0.1, -0.05) is 32.5 Å². The Bertz CT molecular complexity index is 244. The molecule has 1 aliphatic heterocycles. The Hall–Kier alpha value is -0.510. The molecular weight excluding hydrogens is 186 g/mol. The lowest BCUT2D eigenvalue weighted by Crippen LogP contribution is -2.44. The van der Waals surface area contributed by atoms with Crippen LogP contribution < -0.4 is 0 Å². The zero-order valence-corrected chi connectivity index (χ0v) is 9.27. The standard InChI is InChI=1S/C9H15NO2S/c1-6(11)10-7(9(2,3)4)5-13-8(10)12/h7H,5H2,1-4H3/t7-/m1/s1. The summed E-state index contributed by atoms with van der Waals surface area (Å²) in [6.45, 7) is 7.59. The fourth-order valence-electron chi connectivity index (χ4n) is 1.41. The van der Waals surface area contributed by atoms with Gasteiger partial charge in [0.25, 0.3) is 5.24 Å². The summed E-state index contributed by atoms with van der Waals surface area (Å²) in [6.07, 6.45) is 0. The van der Waals surface area contributed by atoms with Crippen molar-refractivity contribution in [3.05, 3.63) is 0 Å². The minimum atomic E-state index is -0.144. The van der Waals surface area contributed by atoms with E-state index in [0.717, 1.165) is 5.75 Å². The molecule has 0 N–H and O–H groups in total. The van der Waals surface area contributed by atoms with Crippen LogP contribution in [0.2, 0.25) is 0 Å². The summed E-state index contributed by atoms with van der Waals surface area (Å²) < 4.78 is 0. The Morgan fingerprint density at radius 3 is 2.38 bits per heavy atom. The number of amides is 2. The molecule has 0 radical (unpaired) electrons. The van der Waals surface area contributed by atoms with E-state index in [1.807, 2.05) is 20.8 Å². The maximum atomic E-state index is 11.3. The number of rotatable bonds is 0. The van der Waals surface area contributed by atoms with Crippen LogP contribution >= 0.6 is 11.8 Å². The highest BCUT2D eigenvalue weighted by Crippen LogP contribution is 2.34. The molecule has 2 amide bonds. The van der Waals surface area contributed by atoms with Crippen molar-refractivity contribution >= 4 is 22.9 Å². The molecule has 3 nitrogen and oxygen atoms in total. The van der Waals surface area contributed by atoms with Gasteiger partial charge in [-0.25, -0.2) is 0 Å². The number of carbonyl (C=O) groups is 2. The molecule has 74 valence electrons. The molecule has 1 fully saturated rings. The van der Waals surface area contributed by atoms with E-state index in [1.54, 1.807) is 0 Å². The molecule has 1 heterocycles. The maximum Gasteiger partial charge on any atom is 0.288 e. The first-order valence-corrected chi connectivity index (χ1v) is 5.29. The average Bonchev–Trinajstić information content (AvgIpc) is 2.28. The van der Waals surface area contributed by atoms with Crippen LogP contribution in [-0.2, 0) is 4.79 Å². The molecule has 0 aromatic carbocycles. The third-order valence-corrected chi connectivity index (χ3v) is 3.14. The first-order valence-electron chi connectivity index (χ1n) is 4.30. The summed E-state index contributed by atoms with van der Waals surface area (Å²) in [4.78, 5) is 23.9. The number of imide groups is 1. The first-order chi connectivity index (χ1) is 5.84. The van der Waals surface area contributed by atoms with Crippen LogP contribution in [-0.4, -0.2) is 27.8 Å². The van der Waals surface area contributed by atoms with Gasteiger partial charge in [0.2, 0.25) is 5.91 Å². The largest absolute Gasteiger partial charge is 0.288 e. The van der Waals surface area contributed by atoms with Gasteiger partial charge in [0.15, 0.2) is 0 Å². The summed E-state index contributed by atoms with van der Waals surface area (Å²) in [5.41, 5.74) is -0.0230. The summed E-state index contributed by atoms with van der Waals surface area (Å²) >= 11 is 1.23. The fourth-order valence-corrected chi connectivity index (χ4v) is 2.75. The lowest BCUT2D eigenvalue weighted by molar-refractivity contribution is -0.128. The predicted molar refractivity (Wildman–Crippen MR) is 53.6 cm³/mol. The van der Waals surface area contributed by atoms with Gasteiger partial charge >= 0.3 is 0 Å². The second kappa shape index (κ2) is 3.33. The molecule has 0 aromatic heterocycles. The van der Waals surface area contributed by atoms with E-state index >= 15 is 0 Å². The van der Waals surface area contributed by atoms with Crippen molar-refractivity contribution in [3.8, 4) is 0 Å². The second-order valence-electron chi connectivity index (χ2n) is 4.35. The van der Waals surface area contributed by atoms with Gasteiger partial charge in [-0.05, 0) is 5.41 Å². The van der Waals surface area contributed by atoms with Gasteiger partial charge in [-0.15, -0.1) is 0 Å². The molecule has 1 atom stereocenters. The van der Waals surface area contributed by atoms with E-state index in [9.17, 15) is 9.59 Å². The summed E-state index contributed by atoms with van der Waals surface area (Å²) in [5, 5.41) is -0.104. The lowest BCUT2D eigenvalue weighted by atomic mass is 9.87. The lowest BCUT2D eigenvalue weighted by Gasteiger charge is -2.32. The van der Waals surface area contributed by atoms with Crippen molar-refractivity contribution in [2.45, 2.75) is 33.7 Å². The number of carbonyl (C=O) groups excluding carboxylic acids is 2. The smallest absolute Gasteiger partial charge is 0.275 e. The Morgan fingerprint density at radius 2 is 2.08 bits per heavy atom. The minimum absolute atomic E-state index is 0.0230. The van der Waals surface area contributed by atoms with Crippen LogP contribution in [0, 0.1) is 5.41 Å². The number of hydrogen-bond donors (Lipinski definition) is 0. The van der Waals surface area contributed by atoms with Crippen LogP contribution in [0.15, 0.2) is 0 Å². The number of thioether (sulfide) groups is 1. The van der Waals surface area contributed by atoms with Gasteiger partial charge < -0.3 is 0 Å². The van der Waals surface area contributed by atoms with Crippen LogP contribution in [0.5, 0.6) is 0 Å². The van der Waals surface area contributed by atoms with Crippen LogP contribution in [0.1, 0.15) is 27.7 Å². The van der Waals surface area contributed by atoms with E-state index in [0.29, 0.717) is 0 Å². The molecule has 0 aromatic rings.